The first-order valence-corrected chi connectivity index (χ1v) is 9.59. The van der Waals surface area contributed by atoms with E-state index in [9.17, 15) is 4.79 Å². The lowest BCUT2D eigenvalue weighted by molar-refractivity contribution is 0.0747. The normalized spacial score (nSPS) is 14.7. The number of hydrogen-bond donors (Lipinski definition) is 0. The number of hydrogen-bond acceptors (Lipinski definition) is 5. The zero-order valence-electron chi connectivity index (χ0n) is 14.3. The minimum Gasteiger partial charge on any atom is -0.494 e. The molecular weight excluding hydrogens is 370 g/mol. The summed E-state index contributed by atoms with van der Waals surface area (Å²) in [4.78, 5) is 21.4. The van der Waals surface area contributed by atoms with Crippen LogP contribution in [0.5, 0.6) is 5.75 Å². The standard InChI is InChI=1S/C19H18ClN3O2S/c1-25-15-8-7-14(20)17-16(15)21-19(26-17)23-11-9-22(10-12-23)18(24)13-5-3-2-4-6-13/h2-8H,9-12H2,1H3. The van der Waals surface area contributed by atoms with Crippen LogP contribution in [-0.4, -0.2) is 49.1 Å². The molecule has 0 saturated carbocycles. The number of methoxy groups -OCH3 is 1. The number of aromatic nitrogens is 1. The number of carbonyl (C=O) groups excluding carboxylic acids is 1. The van der Waals surface area contributed by atoms with Gasteiger partial charge in [0.1, 0.15) is 11.3 Å². The molecule has 1 aliphatic heterocycles. The third-order valence-electron chi connectivity index (χ3n) is 4.53. The average molecular weight is 388 g/mol. The van der Waals surface area contributed by atoms with E-state index in [2.05, 4.69) is 4.90 Å². The Hall–Kier alpha value is -2.31. The van der Waals surface area contributed by atoms with Crippen molar-refractivity contribution in [2.24, 2.45) is 0 Å². The summed E-state index contributed by atoms with van der Waals surface area (Å²) in [5, 5.41) is 1.60. The minimum atomic E-state index is 0.0827. The zero-order valence-corrected chi connectivity index (χ0v) is 15.9. The lowest BCUT2D eigenvalue weighted by Gasteiger charge is -2.34. The summed E-state index contributed by atoms with van der Waals surface area (Å²) in [5.74, 6) is 0.809. The van der Waals surface area contributed by atoms with E-state index < -0.39 is 0 Å². The molecule has 1 aliphatic rings. The fraction of sp³-hybridized carbons (Fsp3) is 0.263. The molecule has 1 amide bonds. The van der Waals surface area contributed by atoms with Gasteiger partial charge in [-0.15, -0.1) is 0 Å². The van der Waals surface area contributed by atoms with Gasteiger partial charge in [-0.2, -0.15) is 0 Å². The molecule has 2 heterocycles. The van der Waals surface area contributed by atoms with Gasteiger partial charge in [-0.1, -0.05) is 41.1 Å². The Morgan fingerprint density at radius 3 is 2.54 bits per heavy atom. The lowest BCUT2D eigenvalue weighted by atomic mass is 10.2. The van der Waals surface area contributed by atoms with Crippen molar-refractivity contribution in [3.8, 4) is 5.75 Å². The smallest absolute Gasteiger partial charge is 0.253 e. The first-order chi connectivity index (χ1) is 12.7. The van der Waals surface area contributed by atoms with Crippen LogP contribution in [0.25, 0.3) is 10.2 Å². The van der Waals surface area contributed by atoms with E-state index in [0.29, 0.717) is 18.1 Å². The second-order valence-electron chi connectivity index (χ2n) is 6.07. The Kier molecular flexibility index (Phi) is 4.70. The van der Waals surface area contributed by atoms with Crippen molar-refractivity contribution in [1.29, 1.82) is 0 Å². The van der Waals surface area contributed by atoms with E-state index >= 15 is 0 Å². The second-order valence-corrected chi connectivity index (χ2v) is 7.45. The Balaban J connectivity index is 1.51. The Bertz CT molecular complexity index is 937. The third kappa shape index (κ3) is 3.10. The van der Waals surface area contributed by atoms with Crippen LogP contribution < -0.4 is 9.64 Å². The largest absolute Gasteiger partial charge is 0.494 e. The maximum atomic E-state index is 12.6. The molecule has 134 valence electrons. The van der Waals surface area contributed by atoms with Gasteiger partial charge in [-0.05, 0) is 24.3 Å². The van der Waals surface area contributed by atoms with Crippen LogP contribution in [0, 0.1) is 0 Å². The molecule has 0 aliphatic carbocycles. The fourth-order valence-electron chi connectivity index (χ4n) is 3.11. The van der Waals surface area contributed by atoms with Crippen LogP contribution in [-0.2, 0) is 0 Å². The van der Waals surface area contributed by atoms with Gasteiger partial charge in [0.25, 0.3) is 5.91 Å². The number of nitrogens with zero attached hydrogens (tertiary/aromatic N) is 3. The molecule has 26 heavy (non-hydrogen) atoms. The highest BCUT2D eigenvalue weighted by Crippen LogP contribution is 2.38. The molecule has 7 heteroatoms. The first kappa shape index (κ1) is 17.1. The summed E-state index contributed by atoms with van der Waals surface area (Å²) in [5.41, 5.74) is 1.53. The van der Waals surface area contributed by atoms with Crippen LogP contribution in [0.4, 0.5) is 5.13 Å². The number of benzene rings is 2. The predicted molar refractivity (Wildman–Crippen MR) is 106 cm³/mol. The summed E-state index contributed by atoms with van der Waals surface area (Å²) in [6, 6.07) is 13.1. The Labute approximate surface area is 160 Å². The summed E-state index contributed by atoms with van der Waals surface area (Å²) < 4.78 is 6.33. The molecule has 0 N–H and O–H groups in total. The van der Waals surface area contributed by atoms with E-state index in [1.54, 1.807) is 18.4 Å². The van der Waals surface area contributed by atoms with Crippen LogP contribution >= 0.6 is 22.9 Å². The second kappa shape index (κ2) is 7.13. The number of halogens is 1. The summed E-state index contributed by atoms with van der Waals surface area (Å²) in [6.45, 7) is 2.85. The van der Waals surface area contributed by atoms with Gasteiger partial charge >= 0.3 is 0 Å². The minimum absolute atomic E-state index is 0.0827. The van der Waals surface area contributed by atoms with Crippen LogP contribution in [0.3, 0.4) is 0 Å². The molecule has 1 fully saturated rings. The van der Waals surface area contributed by atoms with Crippen molar-refractivity contribution in [2.45, 2.75) is 0 Å². The van der Waals surface area contributed by atoms with Crippen LogP contribution in [0.1, 0.15) is 10.4 Å². The number of ether oxygens (including phenoxy) is 1. The van der Waals surface area contributed by atoms with Gasteiger partial charge in [-0.3, -0.25) is 4.79 Å². The Morgan fingerprint density at radius 2 is 1.85 bits per heavy atom. The fourth-order valence-corrected chi connectivity index (χ4v) is 4.41. The summed E-state index contributed by atoms with van der Waals surface area (Å²) in [7, 11) is 1.63. The van der Waals surface area contributed by atoms with E-state index in [-0.39, 0.29) is 5.91 Å². The van der Waals surface area contributed by atoms with Gasteiger partial charge in [0, 0.05) is 31.7 Å². The molecule has 0 unspecified atom stereocenters. The molecule has 1 saturated heterocycles. The number of amides is 1. The molecule has 0 radical (unpaired) electrons. The number of carbonyl (C=O) groups is 1. The van der Waals surface area contributed by atoms with Gasteiger partial charge in [0.2, 0.25) is 0 Å². The molecule has 0 bridgehead atoms. The molecule has 3 aromatic rings. The van der Waals surface area contributed by atoms with E-state index in [4.69, 9.17) is 21.3 Å². The van der Waals surface area contributed by atoms with Crippen molar-refractivity contribution in [3.63, 3.8) is 0 Å². The highest BCUT2D eigenvalue weighted by Gasteiger charge is 2.24. The zero-order chi connectivity index (χ0) is 18.1. The topological polar surface area (TPSA) is 45.7 Å². The molecule has 0 spiro atoms. The van der Waals surface area contributed by atoms with Crippen molar-refractivity contribution in [2.75, 3.05) is 38.2 Å². The maximum absolute atomic E-state index is 12.6. The highest BCUT2D eigenvalue weighted by molar-refractivity contribution is 7.22. The van der Waals surface area contributed by atoms with Crippen molar-refractivity contribution in [3.05, 3.63) is 53.1 Å². The Morgan fingerprint density at radius 1 is 1.12 bits per heavy atom. The lowest BCUT2D eigenvalue weighted by Crippen LogP contribution is -2.48. The predicted octanol–water partition coefficient (Wildman–Crippen LogP) is 3.92. The number of fused-ring (bicyclic) bond motifs is 1. The van der Waals surface area contributed by atoms with Crippen molar-refractivity contribution >= 4 is 44.2 Å². The molecule has 2 aromatic carbocycles. The van der Waals surface area contributed by atoms with E-state index in [1.165, 1.54) is 0 Å². The van der Waals surface area contributed by atoms with E-state index in [0.717, 1.165) is 39.8 Å². The van der Waals surface area contributed by atoms with Crippen molar-refractivity contribution < 1.29 is 9.53 Å². The van der Waals surface area contributed by atoms with Gasteiger partial charge < -0.3 is 14.5 Å². The highest BCUT2D eigenvalue weighted by atomic mass is 35.5. The van der Waals surface area contributed by atoms with Gasteiger partial charge in [0.05, 0.1) is 16.8 Å². The number of rotatable bonds is 3. The summed E-state index contributed by atoms with van der Waals surface area (Å²) >= 11 is 7.88. The number of thiazole rings is 1. The quantitative estimate of drug-likeness (QED) is 0.683. The molecular formula is C19H18ClN3O2S. The maximum Gasteiger partial charge on any atom is 0.253 e. The summed E-state index contributed by atoms with van der Waals surface area (Å²) in [6.07, 6.45) is 0. The molecule has 4 rings (SSSR count). The number of anilines is 1. The average Bonchev–Trinajstić information content (AvgIpc) is 3.15. The number of piperazine rings is 1. The molecule has 5 nitrogen and oxygen atoms in total. The van der Waals surface area contributed by atoms with E-state index in [1.807, 2.05) is 47.4 Å². The van der Waals surface area contributed by atoms with Gasteiger partial charge in [0.15, 0.2) is 5.13 Å². The first-order valence-electron chi connectivity index (χ1n) is 8.39. The van der Waals surface area contributed by atoms with Crippen LogP contribution in [0.2, 0.25) is 5.02 Å². The SMILES string of the molecule is COc1ccc(Cl)c2sc(N3CCN(C(=O)c4ccccc4)CC3)nc12. The molecule has 0 atom stereocenters. The third-order valence-corrected chi connectivity index (χ3v) is 6.10. The van der Waals surface area contributed by atoms with Gasteiger partial charge in [-0.25, -0.2) is 4.98 Å². The molecule has 1 aromatic heterocycles. The monoisotopic (exact) mass is 387 g/mol. The van der Waals surface area contributed by atoms with Crippen molar-refractivity contribution in [1.82, 2.24) is 9.88 Å². The van der Waals surface area contributed by atoms with Crippen LogP contribution in [0.15, 0.2) is 42.5 Å².